The number of likely N-dealkylation sites (N-methyl/N-ethyl adjacent to an activating group) is 1. The Balaban J connectivity index is 1.14. The minimum Gasteiger partial charge on any atom is -0.392 e. The Morgan fingerprint density at radius 3 is 2.05 bits per heavy atom. The second-order valence-electron chi connectivity index (χ2n) is 14.5. The number of rotatable bonds is 16. The molecule has 5 aromatic carbocycles. The van der Waals surface area contributed by atoms with Crippen molar-refractivity contribution >= 4 is 15.9 Å². The van der Waals surface area contributed by atoms with Crippen LogP contribution in [-0.2, 0) is 43.9 Å². The second-order valence-corrected chi connectivity index (χ2v) is 16.2. The van der Waals surface area contributed by atoms with E-state index in [0.717, 1.165) is 38.9 Å². The van der Waals surface area contributed by atoms with Gasteiger partial charge in [-0.1, -0.05) is 127 Å². The van der Waals surface area contributed by atoms with Crippen LogP contribution in [0.5, 0.6) is 0 Å². The van der Waals surface area contributed by atoms with E-state index in [1.54, 1.807) is 12.1 Å². The molecule has 6 atom stereocenters. The molecular weight excluding hydrogens is 727 g/mol. The maximum atomic E-state index is 13.6. The Labute approximate surface area is 330 Å². The number of ether oxygens (including phenoxy) is 2. The van der Waals surface area contributed by atoms with Crippen molar-refractivity contribution in [2.75, 3.05) is 13.6 Å². The molecule has 1 amide bonds. The van der Waals surface area contributed by atoms with Crippen LogP contribution in [0.15, 0.2) is 138 Å². The number of hydrogen-bond acceptors (Lipinski definition) is 8. The summed E-state index contributed by atoms with van der Waals surface area (Å²) in [4.78, 5) is 15.8. The van der Waals surface area contributed by atoms with Crippen molar-refractivity contribution in [1.82, 2.24) is 14.9 Å². The fourth-order valence-electron chi connectivity index (χ4n) is 6.81. The zero-order chi connectivity index (χ0) is 39.7. The van der Waals surface area contributed by atoms with Gasteiger partial charge in [0, 0.05) is 31.1 Å². The molecule has 0 radical (unpaired) electrons. The van der Waals surface area contributed by atoms with Crippen LogP contribution < -0.4 is 10.0 Å². The minimum absolute atomic E-state index is 0.0455. The summed E-state index contributed by atoms with van der Waals surface area (Å²) in [5.74, 6) is -0.443. The van der Waals surface area contributed by atoms with Crippen molar-refractivity contribution in [3.63, 3.8) is 0 Å². The fraction of sp³-hybridized carbons (Fsp3) is 0.311. The van der Waals surface area contributed by atoms with Gasteiger partial charge >= 0.3 is 0 Å². The van der Waals surface area contributed by atoms with Crippen LogP contribution in [0.3, 0.4) is 0 Å². The molecule has 1 fully saturated rings. The first-order chi connectivity index (χ1) is 27.0. The van der Waals surface area contributed by atoms with E-state index >= 15 is 0 Å². The lowest BCUT2D eigenvalue weighted by Gasteiger charge is -2.39. The van der Waals surface area contributed by atoms with Gasteiger partial charge in [0.1, 0.15) is 6.04 Å². The average molecular weight is 778 g/mol. The monoisotopic (exact) mass is 777 g/mol. The smallest absolute Gasteiger partial charge is 0.241 e. The molecule has 294 valence electrons. The Bertz CT molecular complexity index is 2100. The molecule has 1 heterocycles. The number of amides is 1. The Morgan fingerprint density at radius 1 is 0.804 bits per heavy atom. The number of benzene rings is 5. The number of aliphatic hydroxyl groups is 2. The first kappa shape index (κ1) is 40.9. The van der Waals surface area contributed by atoms with Crippen LogP contribution >= 0.6 is 0 Å². The molecule has 0 aromatic heterocycles. The van der Waals surface area contributed by atoms with Crippen LogP contribution in [-0.4, -0.2) is 61.2 Å². The molecule has 6 rings (SSSR count). The maximum absolute atomic E-state index is 13.6. The van der Waals surface area contributed by atoms with Crippen molar-refractivity contribution in [2.24, 2.45) is 0 Å². The summed E-state index contributed by atoms with van der Waals surface area (Å²) >= 11 is 0. The molecule has 1 saturated heterocycles. The summed E-state index contributed by atoms with van der Waals surface area (Å²) in [6, 6.07) is 39.5. The van der Waals surface area contributed by atoms with Gasteiger partial charge < -0.3 is 25.0 Å². The van der Waals surface area contributed by atoms with E-state index < -0.39 is 34.4 Å². The van der Waals surface area contributed by atoms with Crippen molar-refractivity contribution < 1.29 is 32.9 Å². The summed E-state index contributed by atoms with van der Waals surface area (Å²) in [6.45, 7) is 4.57. The van der Waals surface area contributed by atoms with Crippen LogP contribution in [0.2, 0.25) is 0 Å². The number of carbonyl (C=O) groups is 1. The lowest BCUT2D eigenvalue weighted by molar-refractivity contribution is -0.253. The zero-order valence-corrected chi connectivity index (χ0v) is 32.8. The minimum atomic E-state index is -3.97. The van der Waals surface area contributed by atoms with Crippen LogP contribution in [0.25, 0.3) is 0 Å². The van der Waals surface area contributed by atoms with E-state index in [9.17, 15) is 23.4 Å². The van der Waals surface area contributed by atoms with E-state index in [2.05, 4.69) is 14.9 Å². The normalized spacial score (nSPS) is 18.9. The highest BCUT2D eigenvalue weighted by Gasteiger charge is 2.34. The van der Waals surface area contributed by atoms with Crippen molar-refractivity contribution in [2.45, 2.75) is 81.4 Å². The van der Waals surface area contributed by atoms with Gasteiger partial charge in [-0.3, -0.25) is 9.69 Å². The average Bonchev–Trinajstić information content (AvgIpc) is 3.23. The topological polar surface area (TPSA) is 137 Å². The third-order valence-corrected chi connectivity index (χ3v) is 11.8. The highest BCUT2D eigenvalue weighted by atomic mass is 32.2. The lowest BCUT2D eigenvalue weighted by atomic mass is 9.98. The largest absolute Gasteiger partial charge is 0.392 e. The van der Waals surface area contributed by atoms with E-state index in [-0.39, 0.29) is 42.7 Å². The predicted octanol–water partition coefficient (Wildman–Crippen LogP) is 6.29. The van der Waals surface area contributed by atoms with Crippen molar-refractivity contribution in [3.05, 3.63) is 172 Å². The SMILES string of the molecule is Cc1ccc(S(=O)(=O)N[C@H](Cc2ccccc2)C(=O)NCc2ccc(C3O[C@H](CN(C)[C@@H](C)[C@H](O)c4ccccc4)C[C@H](c4ccc(CO)cc4)O3)cc2)cc1. The first-order valence-corrected chi connectivity index (χ1v) is 20.4. The molecule has 0 aliphatic carbocycles. The highest BCUT2D eigenvalue weighted by Crippen LogP contribution is 2.38. The molecule has 4 N–H and O–H groups in total. The summed E-state index contributed by atoms with van der Waals surface area (Å²) in [5, 5.41) is 23.6. The van der Waals surface area contributed by atoms with Gasteiger partial charge in [-0.25, -0.2) is 8.42 Å². The number of nitrogens with zero attached hydrogens (tertiary/aromatic N) is 1. The number of aliphatic hydroxyl groups excluding tert-OH is 2. The molecule has 0 saturated carbocycles. The molecular formula is C45H51N3O7S. The quantitative estimate of drug-likeness (QED) is 0.0918. The Kier molecular flexibility index (Phi) is 13.8. The van der Waals surface area contributed by atoms with Gasteiger partial charge in [-0.2, -0.15) is 4.72 Å². The standard InChI is InChI=1S/C45H51N3O7S/c1-31-14-24-40(25-15-31)56(52,53)47-41(26-33-10-6-4-7-11-33)44(51)46-28-34-16-22-38(23-17-34)45-54-39(27-42(55-45)36-20-18-35(30-49)19-21-36)29-48(3)32(2)43(50)37-12-8-5-9-13-37/h4-25,32,39,41-43,45,47,49-50H,26-30H2,1-3H3,(H,46,51)/t32-,39-,41+,42+,43-,45?/m0/s1. The third-order valence-electron chi connectivity index (χ3n) is 10.3. The summed E-state index contributed by atoms with van der Waals surface area (Å²) < 4.78 is 42.4. The number of nitrogens with one attached hydrogen (secondary N) is 2. The Morgan fingerprint density at radius 2 is 1.41 bits per heavy atom. The molecule has 10 nitrogen and oxygen atoms in total. The van der Waals surface area contributed by atoms with E-state index in [4.69, 9.17) is 9.47 Å². The van der Waals surface area contributed by atoms with Gasteiger partial charge in [0.25, 0.3) is 0 Å². The highest BCUT2D eigenvalue weighted by molar-refractivity contribution is 7.89. The van der Waals surface area contributed by atoms with E-state index in [1.807, 2.05) is 130 Å². The molecule has 0 spiro atoms. The van der Waals surface area contributed by atoms with Gasteiger partial charge in [-0.05, 0) is 67.3 Å². The first-order valence-electron chi connectivity index (χ1n) is 18.9. The lowest BCUT2D eigenvalue weighted by Crippen LogP contribution is -2.47. The number of hydrogen-bond donors (Lipinski definition) is 4. The van der Waals surface area contributed by atoms with Crippen LogP contribution in [0, 0.1) is 6.92 Å². The molecule has 11 heteroatoms. The maximum Gasteiger partial charge on any atom is 0.241 e. The molecule has 0 bridgehead atoms. The van der Waals surface area contributed by atoms with Gasteiger partial charge in [0.05, 0.1) is 29.8 Å². The van der Waals surface area contributed by atoms with Crippen LogP contribution in [0.1, 0.15) is 70.8 Å². The molecule has 56 heavy (non-hydrogen) atoms. The molecule has 5 aromatic rings. The second kappa shape index (κ2) is 18.9. The van der Waals surface area contributed by atoms with Gasteiger partial charge in [-0.15, -0.1) is 0 Å². The molecule has 1 aliphatic rings. The summed E-state index contributed by atoms with van der Waals surface area (Å²) in [6.07, 6.45) is -1.09. The summed E-state index contributed by atoms with van der Waals surface area (Å²) in [5.41, 5.74) is 6.01. The van der Waals surface area contributed by atoms with Crippen LogP contribution in [0.4, 0.5) is 0 Å². The van der Waals surface area contributed by atoms with E-state index in [1.165, 1.54) is 12.1 Å². The van der Waals surface area contributed by atoms with Crippen molar-refractivity contribution in [1.29, 1.82) is 0 Å². The van der Waals surface area contributed by atoms with E-state index in [0.29, 0.717) is 13.0 Å². The zero-order valence-electron chi connectivity index (χ0n) is 32.0. The predicted molar refractivity (Wildman–Crippen MR) is 216 cm³/mol. The molecule has 1 aliphatic heterocycles. The third kappa shape index (κ3) is 10.8. The number of carbonyl (C=O) groups excluding carboxylic acids is 1. The summed E-state index contributed by atoms with van der Waals surface area (Å²) in [7, 11) is -1.99. The number of aryl methyl sites for hydroxylation is 1. The van der Waals surface area contributed by atoms with Gasteiger partial charge in [0.2, 0.25) is 15.9 Å². The fourth-order valence-corrected chi connectivity index (χ4v) is 8.00. The van der Waals surface area contributed by atoms with Crippen molar-refractivity contribution in [3.8, 4) is 0 Å². The number of sulfonamides is 1. The van der Waals surface area contributed by atoms with Gasteiger partial charge in [0.15, 0.2) is 6.29 Å². The Hall–Kier alpha value is -4.72. The molecule has 1 unspecified atom stereocenters.